The van der Waals surface area contributed by atoms with E-state index in [1.54, 1.807) is 16.4 Å². The Labute approximate surface area is 128 Å². The lowest BCUT2D eigenvalue weighted by Crippen LogP contribution is -2.39. The van der Waals surface area contributed by atoms with Crippen LogP contribution in [0.4, 0.5) is 0 Å². The van der Waals surface area contributed by atoms with Crippen LogP contribution in [-0.4, -0.2) is 32.9 Å². The van der Waals surface area contributed by atoms with Crippen LogP contribution in [0.5, 0.6) is 0 Å². The van der Waals surface area contributed by atoms with Crippen LogP contribution in [-0.2, 0) is 10.0 Å². The summed E-state index contributed by atoms with van der Waals surface area (Å²) >= 11 is 0. The van der Waals surface area contributed by atoms with Gasteiger partial charge in [0.25, 0.3) is 0 Å². The smallest absolute Gasteiger partial charge is 0.243 e. The average molecular weight is 310 g/mol. The Balaban J connectivity index is 2.19. The van der Waals surface area contributed by atoms with Gasteiger partial charge in [0.15, 0.2) is 0 Å². The molecule has 1 aromatic rings. The predicted octanol–water partition coefficient (Wildman–Crippen LogP) is 2.78. The fraction of sp³-hybridized carbons (Fsp3) is 0.625. The monoisotopic (exact) mass is 310 g/mol. The van der Waals surface area contributed by atoms with Crippen molar-refractivity contribution in [2.75, 3.05) is 20.1 Å². The molecule has 118 valence electrons. The summed E-state index contributed by atoms with van der Waals surface area (Å²) in [7, 11) is -1.44. The molecular weight excluding hydrogens is 284 g/mol. The van der Waals surface area contributed by atoms with Crippen molar-refractivity contribution in [2.24, 2.45) is 5.92 Å². The zero-order valence-corrected chi connectivity index (χ0v) is 14.0. The molecule has 2 rings (SSSR count). The van der Waals surface area contributed by atoms with E-state index in [0.717, 1.165) is 24.8 Å². The quantitative estimate of drug-likeness (QED) is 0.910. The SMILES string of the molecule is CCC1CCCN(S(=O)(=O)c2ccc(C(C)NC)cc2)C1. The standard InChI is InChI=1S/C16H26N2O2S/c1-4-14-6-5-11-18(12-14)21(19,20)16-9-7-15(8-10-16)13(2)17-3/h7-10,13-14,17H,4-6,11-12H2,1-3H3. The lowest BCUT2D eigenvalue weighted by Gasteiger charge is -2.31. The number of sulfonamides is 1. The van der Waals surface area contributed by atoms with Crippen molar-refractivity contribution in [2.45, 2.75) is 44.0 Å². The molecule has 2 atom stereocenters. The maximum Gasteiger partial charge on any atom is 0.243 e. The minimum absolute atomic E-state index is 0.223. The molecule has 0 bridgehead atoms. The van der Waals surface area contributed by atoms with E-state index < -0.39 is 10.0 Å². The highest BCUT2D eigenvalue weighted by molar-refractivity contribution is 7.89. The van der Waals surface area contributed by atoms with Gasteiger partial charge in [-0.25, -0.2) is 8.42 Å². The fourth-order valence-electron chi connectivity index (χ4n) is 2.82. The van der Waals surface area contributed by atoms with Gasteiger partial charge < -0.3 is 5.32 Å². The Hall–Kier alpha value is -0.910. The molecule has 0 saturated carbocycles. The van der Waals surface area contributed by atoms with Crippen molar-refractivity contribution in [3.8, 4) is 0 Å². The van der Waals surface area contributed by atoms with E-state index in [1.807, 2.05) is 19.2 Å². The molecule has 1 aliphatic heterocycles. The zero-order chi connectivity index (χ0) is 15.5. The van der Waals surface area contributed by atoms with Gasteiger partial charge in [0.1, 0.15) is 0 Å². The third-order valence-electron chi connectivity index (χ3n) is 4.51. The molecule has 5 heteroatoms. The van der Waals surface area contributed by atoms with Crippen molar-refractivity contribution < 1.29 is 8.42 Å². The summed E-state index contributed by atoms with van der Waals surface area (Å²) in [4.78, 5) is 0.409. The Morgan fingerprint density at radius 1 is 1.33 bits per heavy atom. The second-order valence-electron chi connectivity index (χ2n) is 5.86. The van der Waals surface area contributed by atoms with Gasteiger partial charge in [-0.3, -0.25) is 0 Å². The first kappa shape index (κ1) is 16.5. The molecule has 0 radical (unpaired) electrons. The van der Waals surface area contributed by atoms with Crippen LogP contribution in [0, 0.1) is 5.92 Å². The molecule has 0 aromatic heterocycles. The summed E-state index contributed by atoms with van der Waals surface area (Å²) in [5.41, 5.74) is 1.10. The highest BCUT2D eigenvalue weighted by Gasteiger charge is 2.29. The van der Waals surface area contributed by atoms with Gasteiger partial charge in [-0.2, -0.15) is 4.31 Å². The second kappa shape index (κ2) is 6.90. The minimum Gasteiger partial charge on any atom is -0.313 e. The van der Waals surface area contributed by atoms with Gasteiger partial charge in [0, 0.05) is 19.1 Å². The van der Waals surface area contributed by atoms with Gasteiger partial charge in [0.2, 0.25) is 10.0 Å². The number of piperidine rings is 1. The van der Waals surface area contributed by atoms with Crippen LogP contribution in [0.2, 0.25) is 0 Å². The summed E-state index contributed by atoms with van der Waals surface area (Å²) in [6.07, 6.45) is 3.15. The van der Waals surface area contributed by atoms with Crippen molar-refractivity contribution >= 4 is 10.0 Å². The summed E-state index contributed by atoms with van der Waals surface area (Å²) in [6, 6.07) is 7.48. The van der Waals surface area contributed by atoms with E-state index in [-0.39, 0.29) is 6.04 Å². The van der Waals surface area contributed by atoms with Crippen molar-refractivity contribution in [1.82, 2.24) is 9.62 Å². The Morgan fingerprint density at radius 3 is 2.57 bits per heavy atom. The number of nitrogens with one attached hydrogen (secondary N) is 1. The van der Waals surface area contributed by atoms with E-state index in [2.05, 4.69) is 19.2 Å². The molecule has 2 unspecified atom stereocenters. The molecule has 1 N–H and O–H groups in total. The lowest BCUT2D eigenvalue weighted by atomic mass is 9.97. The zero-order valence-electron chi connectivity index (χ0n) is 13.2. The first-order valence-electron chi connectivity index (χ1n) is 7.76. The lowest BCUT2D eigenvalue weighted by molar-refractivity contribution is 0.261. The van der Waals surface area contributed by atoms with Crippen LogP contribution >= 0.6 is 0 Å². The summed E-state index contributed by atoms with van der Waals surface area (Å²) < 4.78 is 27.1. The summed E-state index contributed by atoms with van der Waals surface area (Å²) in [5, 5.41) is 3.16. The van der Waals surface area contributed by atoms with Crippen LogP contribution in [0.15, 0.2) is 29.2 Å². The Kier molecular flexibility index (Phi) is 5.41. The van der Waals surface area contributed by atoms with Crippen LogP contribution in [0.3, 0.4) is 0 Å². The number of rotatable bonds is 5. The molecule has 4 nitrogen and oxygen atoms in total. The number of nitrogens with zero attached hydrogens (tertiary/aromatic N) is 1. The topological polar surface area (TPSA) is 49.4 Å². The Bertz CT molecular complexity index is 554. The molecule has 1 aliphatic rings. The fourth-order valence-corrected chi connectivity index (χ4v) is 4.38. The third kappa shape index (κ3) is 3.65. The van der Waals surface area contributed by atoms with Gasteiger partial charge in [-0.15, -0.1) is 0 Å². The van der Waals surface area contributed by atoms with Crippen molar-refractivity contribution in [1.29, 1.82) is 0 Å². The predicted molar refractivity (Wildman–Crippen MR) is 85.7 cm³/mol. The van der Waals surface area contributed by atoms with Gasteiger partial charge in [-0.1, -0.05) is 25.5 Å². The van der Waals surface area contributed by atoms with E-state index >= 15 is 0 Å². The summed E-state index contributed by atoms with van der Waals surface area (Å²) in [6.45, 7) is 5.50. The first-order chi connectivity index (χ1) is 9.98. The summed E-state index contributed by atoms with van der Waals surface area (Å²) in [5.74, 6) is 0.497. The number of benzene rings is 1. The first-order valence-corrected chi connectivity index (χ1v) is 9.20. The molecule has 1 saturated heterocycles. The minimum atomic E-state index is -3.34. The van der Waals surface area contributed by atoms with Gasteiger partial charge in [0.05, 0.1) is 4.90 Å². The highest BCUT2D eigenvalue weighted by Crippen LogP contribution is 2.26. The van der Waals surface area contributed by atoms with E-state index in [9.17, 15) is 8.42 Å². The Morgan fingerprint density at radius 2 is 2.00 bits per heavy atom. The molecule has 0 aliphatic carbocycles. The van der Waals surface area contributed by atoms with Crippen LogP contribution < -0.4 is 5.32 Å². The maximum absolute atomic E-state index is 12.7. The highest BCUT2D eigenvalue weighted by atomic mass is 32.2. The molecule has 1 heterocycles. The number of hydrogen-bond donors (Lipinski definition) is 1. The van der Waals surface area contributed by atoms with E-state index in [0.29, 0.717) is 23.9 Å². The molecule has 1 fully saturated rings. The normalized spacial score (nSPS) is 22.1. The van der Waals surface area contributed by atoms with Crippen LogP contribution in [0.1, 0.15) is 44.7 Å². The molecule has 0 spiro atoms. The molecule has 0 amide bonds. The van der Waals surface area contributed by atoms with E-state index in [1.165, 1.54) is 0 Å². The largest absolute Gasteiger partial charge is 0.313 e. The van der Waals surface area contributed by atoms with Crippen LogP contribution in [0.25, 0.3) is 0 Å². The second-order valence-corrected chi connectivity index (χ2v) is 7.80. The third-order valence-corrected chi connectivity index (χ3v) is 6.39. The maximum atomic E-state index is 12.7. The number of hydrogen-bond acceptors (Lipinski definition) is 3. The average Bonchev–Trinajstić information content (AvgIpc) is 2.54. The van der Waals surface area contributed by atoms with Crippen molar-refractivity contribution in [3.05, 3.63) is 29.8 Å². The molecular formula is C16H26N2O2S. The van der Waals surface area contributed by atoms with Gasteiger partial charge in [-0.05, 0) is 50.4 Å². The van der Waals surface area contributed by atoms with Crippen molar-refractivity contribution in [3.63, 3.8) is 0 Å². The van der Waals surface area contributed by atoms with Gasteiger partial charge >= 0.3 is 0 Å². The van der Waals surface area contributed by atoms with E-state index in [4.69, 9.17) is 0 Å². The molecule has 21 heavy (non-hydrogen) atoms. The molecule has 1 aromatic carbocycles.